The van der Waals surface area contributed by atoms with Crippen molar-refractivity contribution in [2.75, 3.05) is 19.7 Å². The molecule has 0 spiro atoms. The van der Waals surface area contributed by atoms with E-state index in [-0.39, 0.29) is 41.6 Å². The van der Waals surface area contributed by atoms with E-state index in [0.29, 0.717) is 13.0 Å². The second kappa shape index (κ2) is 9.52. The number of carbonyl (C=O) groups excluding carboxylic acids is 1. The van der Waals surface area contributed by atoms with E-state index in [4.69, 9.17) is 10.5 Å². The summed E-state index contributed by atoms with van der Waals surface area (Å²) >= 11 is 0. The lowest BCUT2D eigenvalue weighted by molar-refractivity contribution is -0.385. The monoisotopic (exact) mass is 381 g/mol. The number of hydrogen-bond donors (Lipinski definition) is 2. The van der Waals surface area contributed by atoms with Crippen molar-refractivity contribution in [1.29, 1.82) is 0 Å². The lowest BCUT2D eigenvalue weighted by Gasteiger charge is -2.10. The van der Waals surface area contributed by atoms with Gasteiger partial charge in [-0.25, -0.2) is 17.9 Å². The first-order chi connectivity index (χ1) is 10.7. The molecule has 0 atom stereocenters. The molecule has 136 valence electrons. The minimum absolute atomic E-state index is 0. The number of nitrogens with zero attached hydrogens (tertiary/aromatic N) is 1. The molecule has 0 fully saturated rings. The first-order valence-electron chi connectivity index (χ1n) is 6.90. The van der Waals surface area contributed by atoms with Crippen molar-refractivity contribution in [3.05, 3.63) is 33.4 Å². The minimum atomic E-state index is -3.99. The van der Waals surface area contributed by atoms with Crippen LogP contribution in [0.25, 0.3) is 0 Å². The van der Waals surface area contributed by atoms with Crippen molar-refractivity contribution in [1.82, 2.24) is 4.72 Å². The summed E-state index contributed by atoms with van der Waals surface area (Å²) in [6, 6.07) is 1.99. The quantitative estimate of drug-likeness (QED) is 0.297. The minimum Gasteiger partial charge on any atom is -0.462 e. The molecule has 0 saturated heterocycles. The van der Waals surface area contributed by atoms with E-state index >= 15 is 0 Å². The molecule has 0 aliphatic heterocycles. The van der Waals surface area contributed by atoms with Gasteiger partial charge in [-0.05, 0) is 32.9 Å². The summed E-state index contributed by atoms with van der Waals surface area (Å²) in [6.45, 7) is 3.40. The molecule has 1 rings (SSSR count). The van der Waals surface area contributed by atoms with Crippen LogP contribution in [-0.4, -0.2) is 39.0 Å². The molecular weight excluding hydrogens is 362 g/mol. The molecule has 0 aliphatic carbocycles. The Kier molecular flexibility index (Phi) is 8.83. The van der Waals surface area contributed by atoms with Crippen LogP contribution in [0.15, 0.2) is 17.0 Å². The number of benzene rings is 1. The molecule has 1 aromatic rings. The van der Waals surface area contributed by atoms with Crippen molar-refractivity contribution >= 4 is 34.1 Å². The van der Waals surface area contributed by atoms with Gasteiger partial charge >= 0.3 is 5.97 Å². The number of rotatable bonds is 8. The number of sulfonamides is 1. The van der Waals surface area contributed by atoms with Crippen LogP contribution in [0.4, 0.5) is 5.69 Å². The Balaban J connectivity index is 0.00000529. The summed E-state index contributed by atoms with van der Waals surface area (Å²) in [5.74, 6) is -0.813. The maximum Gasteiger partial charge on any atom is 0.338 e. The predicted octanol–water partition coefficient (Wildman–Crippen LogP) is 1.13. The van der Waals surface area contributed by atoms with E-state index in [9.17, 15) is 23.3 Å². The fourth-order valence-electron chi connectivity index (χ4n) is 1.83. The highest BCUT2D eigenvalue weighted by atomic mass is 35.5. The zero-order valence-corrected chi connectivity index (χ0v) is 14.9. The SMILES string of the molecule is CCOC(=O)c1cc(S(=O)(=O)NCCCN)cc([N+](=O)[O-])c1C.Cl. The molecule has 0 aliphatic rings. The van der Waals surface area contributed by atoms with Crippen molar-refractivity contribution < 1.29 is 22.9 Å². The highest BCUT2D eigenvalue weighted by Gasteiger charge is 2.26. The first-order valence-corrected chi connectivity index (χ1v) is 8.38. The number of carbonyl (C=O) groups is 1. The summed E-state index contributed by atoms with van der Waals surface area (Å²) in [7, 11) is -3.99. The largest absolute Gasteiger partial charge is 0.462 e. The van der Waals surface area contributed by atoms with Gasteiger partial charge in [0.05, 0.1) is 22.0 Å². The summed E-state index contributed by atoms with van der Waals surface area (Å²) in [6.07, 6.45) is 0.415. The molecule has 0 aromatic heterocycles. The van der Waals surface area contributed by atoms with Gasteiger partial charge in [0.15, 0.2) is 0 Å². The standard InChI is InChI=1S/C13H19N3O6S.ClH/c1-3-22-13(17)11-7-10(8-12(9(11)2)16(18)19)23(20,21)15-6-4-5-14;/h7-8,15H,3-6,14H2,1-2H3;1H. The van der Waals surface area contributed by atoms with Crippen molar-refractivity contribution in [2.45, 2.75) is 25.2 Å². The summed E-state index contributed by atoms with van der Waals surface area (Å²) in [4.78, 5) is 21.9. The molecule has 0 heterocycles. The number of ether oxygens (including phenoxy) is 1. The number of nitro groups is 1. The summed E-state index contributed by atoms with van der Waals surface area (Å²) in [5.41, 5.74) is 4.73. The zero-order chi connectivity index (χ0) is 17.6. The maximum atomic E-state index is 12.2. The third-order valence-corrected chi connectivity index (χ3v) is 4.47. The summed E-state index contributed by atoms with van der Waals surface area (Å²) in [5, 5.41) is 11.1. The Morgan fingerprint density at radius 3 is 2.54 bits per heavy atom. The molecule has 24 heavy (non-hydrogen) atoms. The molecule has 0 amide bonds. The van der Waals surface area contributed by atoms with Gasteiger partial charge in [0, 0.05) is 18.2 Å². The molecule has 11 heteroatoms. The van der Waals surface area contributed by atoms with Crippen molar-refractivity contribution in [3.8, 4) is 0 Å². The van der Waals surface area contributed by atoms with Crippen LogP contribution in [0.3, 0.4) is 0 Å². The average Bonchev–Trinajstić information content (AvgIpc) is 2.47. The molecule has 0 saturated carbocycles. The van der Waals surface area contributed by atoms with Crippen LogP contribution < -0.4 is 10.5 Å². The van der Waals surface area contributed by atoms with Gasteiger partial charge in [0.1, 0.15) is 0 Å². The van der Waals surface area contributed by atoms with E-state index in [1.54, 1.807) is 6.92 Å². The van der Waals surface area contributed by atoms with Crippen LogP contribution in [0.5, 0.6) is 0 Å². The first kappa shape index (κ1) is 22.2. The number of halogens is 1. The van der Waals surface area contributed by atoms with Crippen molar-refractivity contribution in [3.63, 3.8) is 0 Å². The van der Waals surface area contributed by atoms with Gasteiger partial charge in [-0.15, -0.1) is 12.4 Å². The van der Waals surface area contributed by atoms with Crippen LogP contribution in [0, 0.1) is 17.0 Å². The van der Waals surface area contributed by atoms with Crippen LogP contribution in [0.2, 0.25) is 0 Å². The Morgan fingerprint density at radius 1 is 1.42 bits per heavy atom. The van der Waals surface area contributed by atoms with Gasteiger partial charge in [-0.1, -0.05) is 0 Å². The van der Waals surface area contributed by atoms with Gasteiger partial charge in [-0.2, -0.15) is 0 Å². The third kappa shape index (κ3) is 5.41. The van der Waals surface area contributed by atoms with E-state index in [0.717, 1.165) is 12.1 Å². The molecule has 9 nitrogen and oxygen atoms in total. The average molecular weight is 382 g/mol. The maximum absolute atomic E-state index is 12.2. The molecule has 0 radical (unpaired) electrons. The second-order valence-corrected chi connectivity index (χ2v) is 6.40. The Labute approximate surface area is 146 Å². The molecule has 0 unspecified atom stereocenters. The van der Waals surface area contributed by atoms with E-state index < -0.39 is 26.6 Å². The number of nitro benzene ring substituents is 1. The van der Waals surface area contributed by atoms with Crippen molar-refractivity contribution in [2.24, 2.45) is 5.73 Å². The highest BCUT2D eigenvalue weighted by Crippen LogP contribution is 2.27. The van der Waals surface area contributed by atoms with Gasteiger partial charge in [0.2, 0.25) is 10.0 Å². The van der Waals surface area contributed by atoms with Crippen LogP contribution >= 0.6 is 12.4 Å². The van der Waals surface area contributed by atoms with Gasteiger partial charge < -0.3 is 10.5 Å². The van der Waals surface area contributed by atoms with Gasteiger partial charge in [0.25, 0.3) is 5.69 Å². The topological polar surface area (TPSA) is 142 Å². The van der Waals surface area contributed by atoms with Gasteiger partial charge in [-0.3, -0.25) is 10.1 Å². The normalized spacial score (nSPS) is 10.8. The molecule has 3 N–H and O–H groups in total. The highest BCUT2D eigenvalue weighted by molar-refractivity contribution is 7.89. The van der Waals surface area contributed by atoms with Crippen LogP contribution in [0.1, 0.15) is 29.3 Å². The number of hydrogen-bond acceptors (Lipinski definition) is 7. The van der Waals surface area contributed by atoms with E-state index in [1.165, 1.54) is 6.92 Å². The molecular formula is C13H20ClN3O6S. The molecule has 0 bridgehead atoms. The molecule has 1 aromatic carbocycles. The fourth-order valence-corrected chi connectivity index (χ4v) is 2.95. The fraction of sp³-hybridized carbons (Fsp3) is 0.462. The Hall–Kier alpha value is -1.75. The van der Waals surface area contributed by atoms with E-state index in [1.807, 2.05) is 0 Å². The third-order valence-electron chi connectivity index (χ3n) is 3.03. The number of nitrogens with two attached hydrogens (primary N) is 1. The smallest absolute Gasteiger partial charge is 0.338 e. The number of nitrogens with one attached hydrogen (secondary N) is 1. The number of esters is 1. The lowest BCUT2D eigenvalue weighted by atomic mass is 10.1. The van der Waals surface area contributed by atoms with Crippen LogP contribution in [-0.2, 0) is 14.8 Å². The summed E-state index contributed by atoms with van der Waals surface area (Å²) < 4.78 is 31.5. The second-order valence-electron chi connectivity index (χ2n) is 4.63. The Morgan fingerprint density at radius 2 is 2.04 bits per heavy atom. The van der Waals surface area contributed by atoms with E-state index in [2.05, 4.69) is 4.72 Å². The Bertz CT molecular complexity index is 708. The lowest BCUT2D eigenvalue weighted by Crippen LogP contribution is -2.26. The predicted molar refractivity (Wildman–Crippen MR) is 89.9 cm³/mol. The zero-order valence-electron chi connectivity index (χ0n) is 13.3.